The van der Waals surface area contributed by atoms with E-state index in [4.69, 9.17) is 0 Å². The lowest BCUT2D eigenvalue weighted by atomic mass is 10.1. The van der Waals surface area contributed by atoms with E-state index < -0.39 is 22.0 Å². The molecule has 0 saturated carbocycles. The number of halogens is 1. The smallest absolute Gasteiger partial charge is 0.322 e. The minimum absolute atomic E-state index is 0.152. The van der Waals surface area contributed by atoms with Crippen molar-refractivity contribution >= 4 is 42.7 Å². The summed E-state index contributed by atoms with van der Waals surface area (Å²) in [6, 6.07) is 9.40. The number of aliphatic carboxylic acids is 1. The van der Waals surface area contributed by atoms with Crippen molar-refractivity contribution in [2.24, 2.45) is 0 Å². The summed E-state index contributed by atoms with van der Waals surface area (Å²) < 4.78 is 27.7. The molecule has 1 atom stereocenters. The van der Waals surface area contributed by atoms with Gasteiger partial charge in [0.25, 0.3) is 0 Å². The zero-order chi connectivity index (χ0) is 15.9. The first-order valence-corrected chi connectivity index (χ1v) is 9.08. The third-order valence-corrected chi connectivity index (χ3v) is 6.56. The van der Waals surface area contributed by atoms with Crippen molar-refractivity contribution < 1.29 is 18.3 Å². The third kappa shape index (κ3) is 2.43. The summed E-state index contributed by atoms with van der Waals surface area (Å²) in [7, 11) is -3.84. The molecule has 2 aromatic rings. The normalized spacial score (nSPS) is 19.6. The van der Waals surface area contributed by atoms with Gasteiger partial charge in [-0.15, -0.1) is 0 Å². The van der Waals surface area contributed by atoms with Gasteiger partial charge in [0.2, 0.25) is 10.0 Å². The molecule has 0 radical (unpaired) electrons. The number of fused-ring (bicyclic) bond motifs is 1. The summed E-state index contributed by atoms with van der Waals surface area (Å²) in [6.07, 6.45) is 0.910. The predicted octanol–water partition coefficient (Wildman–Crippen LogP) is 2.84. The highest BCUT2D eigenvalue weighted by atomic mass is 79.9. The first kappa shape index (κ1) is 15.5. The molecule has 116 valence electrons. The van der Waals surface area contributed by atoms with E-state index in [-0.39, 0.29) is 11.4 Å². The maximum absolute atomic E-state index is 12.9. The molecule has 1 aliphatic heterocycles. The van der Waals surface area contributed by atoms with Crippen LogP contribution in [0.4, 0.5) is 0 Å². The Kier molecular flexibility index (Phi) is 3.96. The summed E-state index contributed by atoms with van der Waals surface area (Å²) in [5, 5.41) is 10.6. The van der Waals surface area contributed by atoms with Gasteiger partial charge in [-0.1, -0.05) is 40.2 Å². The molecule has 7 heteroatoms. The molecule has 22 heavy (non-hydrogen) atoms. The third-order valence-electron chi connectivity index (χ3n) is 3.91. The van der Waals surface area contributed by atoms with Gasteiger partial charge >= 0.3 is 5.97 Å². The zero-order valence-corrected chi connectivity index (χ0v) is 14.0. The molecule has 3 rings (SSSR count). The molecule has 1 heterocycles. The second-order valence-corrected chi connectivity index (χ2v) is 7.92. The second-order valence-electron chi connectivity index (χ2n) is 5.20. The average molecular weight is 384 g/mol. The van der Waals surface area contributed by atoms with Crippen molar-refractivity contribution in [2.75, 3.05) is 6.54 Å². The summed E-state index contributed by atoms with van der Waals surface area (Å²) in [4.78, 5) is 11.4. The van der Waals surface area contributed by atoms with E-state index in [2.05, 4.69) is 15.9 Å². The van der Waals surface area contributed by atoms with E-state index >= 15 is 0 Å². The summed E-state index contributed by atoms with van der Waals surface area (Å²) in [5.41, 5.74) is 0. The first-order chi connectivity index (χ1) is 10.4. The van der Waals surface area contributed by atoms with Crippen LogP contribution < -0.4 is 0 Å². The molecular weight excluding hydrogens is 370 g/mol. The lowest BCUT2D eigenvalue weighted by Gasteiger charge is -2.22. The quantitative estimate of drug-likeness (QED) is 0.883. The molecule has 1 aliphatic rings. The number of rotatable bonds is 3. The van der Waals surface area contributed by atoms with E-state index in [0.29, 0.717) is 18.2 Å². The molecule has 1 saturated heterocycles. The molecule has 1 unspecified atom stereocenters. The zero-order valence-electron chi connectivity index (χ0n) is 11.6. The van der Waals surface area contributed by atoms with Gasteiger partial charge in [0.15, 0.2) is 0 Å². The molecule has 5 nitrogen and oxygen atoms in total. The Morgan fingerprint density at radius 2 is 1.86 bits per heavy atom. The Morgan fingerprint density at radius 1 is 1.18 bits per heavy atom. The van der Waals surface area contributed by atoms with E-state index in [0.717, 1.165) is 14.2 Å². The van der Waals surface area contributed by atoms with Crippen LogP contribution in [0.3, 0.4) is 0 Å². The average Bonchev–Trinajstić information content (AvgIpc) is 2.98. The van der Waals surface area contributed by atoms with Gasteiger partial charge in [-0.05, 0) is 30.4 Å². The maximum atomic E-state index is 12.9. The van der Waals surface area contributed by atoms with Gasteiger partial charge in [-0.3, -0.25) is 4.79 Å². The fourth-order valence-corrected chi connectivity index (χ4v) is 5.19. The number of carbonyl (C=O) groups is 1. The fraction of sp³-hybridized carbons (Fsp3) is 0.267. The highest BCUT2D eigenvalue weighted by Crippen LogP contribution is 2.33. The van der Waals surface area contributed by atoms with Crippen LogP contribution in [0.25, 0.3) is 10.8 Å². The van der Waals surface area contributed by atoms with Crippen molar-refractivity contribution in [3.8, 4) is 0 Å². The van der Waals surface area contributed by atoms with Crippen LogP contribution in [0.5, 0.6) is 0 Å². The Balaban J connectivity index is 2.18. The molecule has 0 amide bonds. The highest BCUT2D eigenvalue weighted by molar-refractivity contribution is 9.10. The largest absolute Gasteiger partial charge is 0.480 e. The van der Waals surface area contributed by atoms with Crippen LogP contribution in [0.2, 0.25) is 0 Å². The van der Waals surface area contributed by atoms with Crippen LogP contribution >= 0.6 is 15.9 Å². The monoisotopic (exact) mass is 383 g/mol. The topological polar surface area (TPSA) is 74.7 Å². The van der Waals surface area contributed by atoms with Crippen molar-refractivity contribution in [1.82, 2.24) is 4.31 Å². The van der Waals surface area contributed by atoms with Crippen LogP contribution in [-0.2, 0) is 14.8 Å². The van der Waals surface area contributed by atoms with Crippen molar-refractivity contribution in [2.45, 2.75) is 23.8 Å². The summed E-state index contributed by atoms with van der Waals surface area (Å²) >= 11 is 3.41. The van der Waals surface area contributed by atoms with Crippen molar-refractivity contribution in [1.29, 1.82) is 0 Å². The SMILES string of the molecule is O=C(O)C1CCCN1S(=O)(=O)c1ccc(Br)c2ccccc12. The van der Waals surface area contributed by atoms with Crippen LogP contribution in [0.1, 0.15) is 12.8 Å². The first-order valence-electron chi connectivity index (χ1n) is 6.85. The second kappa shape index (κ2) is 5.64. The Morgan fingerprint density at radius 3 is 2.55 bits per heavy atom. The van der Waals surface area contributed by atoms with Crippen LogP contribution in [0, 0.1) is 0 Å². The van der Waals surface area contributed by atoms with Crippen molar-refractivity contribution in [3.63, 3.8) is 0 Å². The minimum atomic E-state index is -3.84. The van der Waals surface area contributed by atoms with E-state index in [1.165, 1.54) is 6.07 Å². The predicted molar refractivity (Wildman–Crippen MR) is 86.2 cm³/mol. The molecule has 0 aromatic heterocycles. The van der Waals surface area contributed by atoms with E-state index in [9.17, 15) is 18.3 Å². The van der Waals surface area contributed by atoms with Crippen LogP contribution in [-0.4, -0.2) is 36.4 Å². The number of carboxylic acids is 1. The van der Waals surface area contributed by atoms with Gasteiger partial charge in [0.05, 0.1) is 4.90 Å². The van der Waals surface area contributed by atoms with Crippen molar-refractivity contribution in [3.05, 3.63) is 40.9 Å². The molecular formula is C15H14BrNO4S. The molecule has 0 aliphatic carbocycles. The number of sulfonamides is 1. The number of nitrogens with zero attached hydrogens (tertiary/aromatic N) is 1. The molecule has 0 spiro atoms. The lowest BCUT2D eigenvalue weighted by Crippen LogP contribution is -2.40. The van der Waals surface area contributed by atoms with E-state index in [1.54, 1.807) is 18.2 Å². The number of hydrogen-bond acceptors (Lipinski definition) is 3. The Labute approximate surface area is 136 Å². The van der Waals surface area contributed by atoms with E-state index in [1.807, 2.05) is 12.1 Å². The van der Waals surface area contributed by atoms with Gasteiger partial charge in [0.1, 0.15) is 6.04 Å². The maximum Gasteiger partial charge on any atom is 0.322 e. The fourth-order valence-electron chi connectivity index (χ4n) is 2.86. The standard InChI is InChI=1S/C15H14BrNO4S/c16-12-7-8-14(11-5-2-1-4-10(11)12)22(20,21)17-9-3-6-13(17)15(18)19/h1-2,4-5,7-8,13H,3,6,9H2,(H,18,19). The molecule has 2 aromatic carbocycles. The lowest BCUT2D eigenvalue weighted by molar-refractivity contribution is -0.140. The Bertz CT molecular complexity index is 850. The molecule has 1 fully saturated rings. The number of hydrogen-bond donors (Lipinski definition) is 1. The van der Waals surface area contributed by atoms with Gasteiger partial charge in [-0.2, -0.15) is 4.31 Å². The summed E-state index contributed by atoms with van der Waals surface area (Å²) in [6.45, 7) is 0.240. The summed E-state index contributed by atoms with van der Waals surface area (Å²) in [5.74, 6) is -1.09. The van der Waals surface area contributed by atoms with Crippen LogP contribution in [0.15, 0.2) is 45.8 Å². The van der Waals surface area contributed by atoms with Gasteiger partial charge < -0.3 is 5.11 Å². The minimum Gasteiger partial charge on any atom is -0.480 e. The number of carboxylic acid groups (broad SMARTS) is 1. The number of benzene rings is 2. The molecule has 0 bridgehead atoms. The highest BCUT2D eigenvalue weighted by Gasteiger charge is 2.40. The molecule has 1 N–H and O–H groups in total. The Hall–Kier alpha value is -1.44. The van der Waals surface area contributed by atoms with Gasteiger partial charge in [-0.25, -0.2) is 8.42 Å². The van der Waals surface area contributed by atoms with Gasteiger partial charge in [0, 0.05) is 16.4 Å².